The molecule has 22 heavy (non-hydrogen) atoms. The molecule has 0 amide bonds. The Morgan fingerprint density at radius 1 is 1.23 bits per heavy atom. The van der Waals surface area contributed by atoms with Gasteiger partial charge in [0.25, 0.3) is 10.1 Å². The van der Waals surface area contributed by atoms with E-state index in [2.05, 4.69) is 4.98 Å². The molecule has 7 heteroatoms. The molecule has 2 heterocycles. The Morgan fingerprint density at radius 3 is 2.36 bits per heavy atom. The summed E-state index contributed by atoms with van der Waals surface area (Å²) in [5.41, 5.74) is 0.701. The highest BCUT2D eigenvalue weighted by Crippen LogP contribution is 2.48. The molecule has 0 aliphatic carbocycles. The van der Waals surface area contributed by atoms with Crippen molar-refractivity contribution >= 4 is 15.7 Å². The summed E-state index contributed by atoms with van der Waals surface area (Å²) in [6.07, 6.45) is 2.68. The molecule has 1 N–H and O–H groups in total. The molecule has 1 aromatic rings. The van der Waals surface area contributed by atoms with E-state index in [0.29, 0.717) is 11.3 Å². The molecule has 0 saturated carbocycles. The maximum Gasteiger partial charge on any atom is 0.264 e. The van der Waals surface area contributed by atoms with Gasteiger partial charge in [-0.05, 0) is 45.4 Å². The number of rotatable bonds is 4. The van der Waals surface area contributed by atoms with Gasteiger partial charge in [0, 0.05) is 11.8 Å². The van der Waals surface area contributed by atoms with Gasteiger partial charge in [-0.15, -0.1) is 0 Å². The lowest BCUT2D eigenvalue weighted by atomic mass is 9.88. The fraction of sp³-hybridized carbons (Fsp3) is 0.533. The van der Waals surface area contributed by atoms with Crippen LogP contribution in [0.4, 0.5) is 0 Å². The monoisotopic (exact) mass is 326 g/mol. The minimum atomic E-state index is -3.58. The third-order valence-corrected chi connectivity index (χ3v) is 4.60. The second kappa shape index (κ2) is 5.42. The zero-order valence-corrected chi connectivity index (χ0v) is 14.3. The predicted octanol–water partition coefficient (Wildman–Crippen LogP) is 2.07. The number of nitrogens with zero attached hydrogens (tertiary/aromatic N) is 2. The Bertz CT molecular complexity index is 694. The van der Waals surface area contributed by atoms with Crippen molar-refractivity contribution < 1.29 is 17.8 Å². The van der Waals surface area contributed by atoms with Gasteiger partial charge >= 0.3 is 0 Å². The van der Waals surface area contributed by atoms with Crippen LogP contribution in [0, 0.1) is 0 Å². The van der Waals surface area contributed by atoms with E-state index < -0.39 is 21.2 Å². The average molecular weight is 326 g/mol. The standard InChI is InChI=1S/C15H22N2O4S/c1-14(2)11(10-21-22(5,19)20)13(15(3,4)17(14)18)12-8-6-7-9-16-12/h6-9,18H,10H2,1-5H3. The van der Waals surface area contributed by atoms with Crippen molar-refractivity contribution in [3.05, 3.63) is 35.7 Å². The fourth-order valence-electron chi connectivity index (χ4n) is 3.00. The lowest BCUT2D eigenvalue weighted by Gasteiger charge is -2.36. The number of hydrogen-bond acceptors (Lipinski definition) is 6. The largest absolute Gasteiger partial charge is 0.312 e. The van der Waals surface area contributed by atoms with Crippen LogP contribution in [0.3, 0.4) is 0 Å². The Hall–Kier alpha value is -1.28. The first-order chi connectivity index (χ1) is 9.98. The van der Waals surface area contributed by atoms with Crippen LogP contribution in [0.2, 0.25) is 0 Å². The quantitative estimate of drug-likeness (QED) is 0.853. The summed E-state index contributed by atoms with van der Waals surface area (Å²) in [6, 6.07) is 5.50. The Morgan fingerprint density at radius 2 is 1.86 bits per heavy atom. The zero-order chi connectivity index (χ0) is 16.8. The van der Waals surface area contributed by atoms with Gasteiger partial charge in [0.15, 0.2) is 0 Å². The van der Waals surface area contributed by atoms with Crippen LogP contribution in [0.5, 0.6) is 0 Å². The number of hydrogen-bond donors (Lipinski definition) is 1. The smallest absolute Gasteiger partial charge is 0.264 e. The predicted molar refractivity (Wildman–Crippen MR) is 83.7 cm³/mol. The molecule has 0 atom stereocenters. The molecule has 0 bridgehead atoms. The summed E-state index contributed by atoms with van der Waals surface area (Å²) in [5.74, 6) is 0. The molecule has 122 valence electrons. The van der Waals surface area contributed by atoms with Crippen LogP contribution in [0.25, 0.3) is 5.57 Å². The van der Waals surface area contributed by atoms with E-state index in [1.54, 1.807) is 12.3 Å². The van der Waals surface area contributed by atoms with Crippen LogP contribution in [-0.4, -0.2) is 47.6 Å². The Labute approximate surface area is 131 Å². The molecular formula is C15H22N2O4S. The van der Waals surface area contributed by atoms with Crippen molar-refractivity contribution in [1.82, 2.24) is 10.0 Å². The highest BCUT2D eigenvalue weighted by Gasteiger charge is 2.51. The molecule has 0 radical (unpaired) electrons. The summed E-state index contributed by atoms with van der Waals surface area (Å²) in [7, 11) is -3.58. The summed E-state index contributed by atoms with van der Waals surface area (Å²) >= 11 is 0. The van der Waals surface area contributed by atoms with Gasteiger partial charge < -0.3 is 5.21 Å². The average Bonchev–Trinajstić information content (AvgIpc) is 2.54. The van der Waals surface area contributed by atoms with Crippen LogP contribution >= 0.6 is 0 Å². The molecule has 0 aromatic carbocycles. The van der Waals surface area contributed by atoms with Crippen molar-refractivity contribution in [2.75, 3.05) is 12.9 Å². The zero-order valence-electron chi connectivity index (χ0n) is 13.5. The summed E-state index contributed by atoms with van der Waals surface area (Å²) in [5, 5.41) is 11.8. The number of aromatic nitrogens is 1. The van der Waals surface area contributed by atoms with E-state index >= 15 is 0 Å². The summed E-state index contributed by atoms with van der Waals surface area (Å²) in [6.45, 7) is 7.27. The van der Waals surface area contributed by atoms with Gasteiger partial charge in [-0.1, -0.05) is 6.07 Å². The van der Waals surface area contributed by atoms with E-state index in [1.165, 1.54) is 5.06 Å². The highest BCUT2D eigenvalue weighted by atomic mass is 32.2. The molecule has 0 fully saturated rings. The molecule has 1 aliphatic heterocycles. The first-order valence-corrected chi connectivity index (χ1v) is 8.78. The first-order valence-electron chi connectivity index (χ1n) is 6.97. The van der Waals surface area contributed by atoms with Gasteiger partial charge in [-0.3, -0.25) is 9.17 Å². The molecular weight excluding hydrogens is 304 g/mol. The topological polar surface area (TPSA) is 79.7 Å². The number of hydroxylamine groups is 2. The van der Waals surface area contributed by atoms with Gasteiger partial charge in [-0.2, -0.15) is 13.5 Å². The molecule has 1 aliphatic rings. The highest BCUT2D eigenvalue weighted by molar-refractivity contribution is 7.86. The molecule has 0 unspecified atom stereocenters. The first kappa shape index (κ1) is 17.1. The van der Waals surface area contributed by atoms with Crippen molar-refractivity contribution in [1.29, 1.82) is 0 Å². The minimum Gasteiger partial charge on any atom is -0.312 e. The third kappa shape index (κ3) is 2.94. The normalized spacial score (nSPS) is 21.4. The van der Waals surface area contributed by atoms with E-state index in [4.69, 9.17) is 4.18 Å². The second-order valence-electron chi connectivity index (χ2n) is 6.46. The Balaban J connectivity index is 2.60. The van der Waals surface area contributed by atoms with E-state index in [1.807, 2.05) is 39.8 Å². The third-order valence-electron chi connectivity index (χ3n) is 4.05. The summed E-state index contributed by atoms with van der Waals surface area (Å²) < 4.78 is 27.7. The molecule has 6 nitrogen and oxygen atoms in total. The maximum atomic E-state index is 11.3. The molecule has 0 spiro atoms. The SMILES string of the molecule is CC1(C)C(COS(C)(=O)=O)=C(c2ccccn2)C(C)(C)N1O. The van der Waals surface area contributed by atoms with E-state index in [-0.39, 0.29) is 6.61 Å². The minimum absolute atomic E-state index is 0.113. The van der Waals surface area contributed by atoms with E-state index in [9.17, 15) is 13.6 Å². The summed E-state index contributed by atoms with van der Waals surface area (Å²) in [4.78, 5) is 4.35. The Kier molecular flexibility index (Phi) is 4.20. The lowest BCUT2D eigenvalue weighted by Crippen LogP contribution is -2.48. The second-order valence-corrected chi connectivity index (χ2v) is 8.11. The van der Waals surface area contributed by atoms with Crippen LogP contribution in [-0.2, 0) is 14.3 Å². The van der Waals surface area contributed by atoms with Crippen molar-refractivity contribution in [2.45, 2.75) is 38.8 Å². The van der Waals surface area contributed by atoms with Crippen LogP contribution in [0.15, 0.2) is 30.0 Å². The number of pyridine rings is 1. The van der Waals surface area contributed by atoms with Gasteiger partial charge in [0.2, 0.25) is 0 Å². The fourth-order valence-corrected chi connectivity index (χ4v) is 3.33. The van der Waals surface area contributed by atoms with E-state index in [0.717, 1.165) is 11.8 Å². The molecule has 0 saturated heterocycles. The van der Waals surface area contributed by atoms with Crippen molar-refractivity contribution in [3.63, 3.8) is 0 Å². The van der Waals surface area contributed by atoms with Gasteiger partial charge in [0.05, 0.1) is 29.6 Å². The maximum absolute atomic E-state index is 11.3. The molecule has 2 rings (SSSR count). The lowest BCUT2D eigenvalue weighted by molar-refractivity contribution is -0.184. The molecule has 1 aromatic heterocycles. The van der Waals surface area contributed by atoms with Crippen molar-refractivity contribution in [3.8, 4) is 0 Å². The van der Waals surface area contributed by atoms with Gasteiger partial charge in [0.1, 0.15) is 0 Å². The van der Waals surface area contributed by atoms with Crippen LogP contribution in [0.1, 0.15) is 33.4 Å². The van der Waals surface area contributed by atoms with Crippen LogP contribution < -0.4 is 0 Å². The van der Waals surface area contributed by atoms with Crippen molar-refractivity contribution in [2.24, 2.45) is 0 Å². The van der Waals surface area contributed by atoms with Gasteiger partial charge in [-0.25, -0.2) is 0 Å².